The molecule has 150 valence electrons. The van der Waals surface area contributed by atoms with E-state index in [2.05, 4.69) is 31.9 Å². The molecule has 1 saturated heterocycles. The summed E-state index contributed by atoms with van der Waals surface area (Å²) in [6.07, 6.45) is 12.6. The molecular weight excluding hydrogens is 336 g/mol. The zero-order valence-corrected chi connectivity index (χ0v) is 17.0. The number of fused-ring (bicyclic) bond motifs is 2. The number of hydrogen-bond donors (Lipinski definition) is 1. The van der Waals surface area contributed by atoms with Crippen LogP contribution in [0.4, 0.5) is 0 Å². The van der Waals surface area contributed by atoms with Gasteiger partial charge in [-0.15, -0.1) is 10.2 Å². The zero-order valence-electron chi connectivity index (χ0n) is 17.0. The Labute approximate surface area is 163 Å². The van der Waals surface area contributed by atoms with Gasteiger partial charge in [-0.05, 0) is 50.9 Å². The van der Waals surface area contributed by atoms with E-state index in [1.807, 2.05) is 0 Å². The smallest absolute Gasteiger partial charge is 0.193 e. The average Bonchev–Trinajstić information content (AvgIpc) is 3.21. The van der Waals surface area contributed by atoms with Crippen molar-refractivity contribution in [2.45, 2.75) is 77.7 Å². The van der Waals surface area contributed by atoms with E-state index in [0.717, 1.165) is 56.7 Å². The molecule has 1 aliphatic carbocycles. The Bertz CT molecular complexity index is 623. The van der Waals surface area contributed by atoms with Crippen molar-refractivity contribution in [3.8, 4) is 0 Å². The maximum absolute atomic E-state index is 4.96. The zero-order chi connectivity index (χ0) is 18.5. The molecule has 0 bridgehead atoms. The predicted molar refractivity (Wildman–Crippen MR) is 109 cm³/mol. The molecule has 0 aromatic carbocycles. The number of likely N-dealkylation sites (tertiary alicyclic amines) is 1. The highest BCUT2D eigenvalue weighted by Gasteiger charge is 2.35. The van der Waals surface area contributed by atoms with Gasteiger partial charge in [-0.25, -0.2) is 0 Å². The molecule has 4 rings (SSSR count). The predicted octanol–water partition coefficient (Wildman–Crippen LogP) is 3.02. The average molecular weight is 373 g/mol. The molecule has 6 nitrogen and oxygen atoms in total. The second-order valence-electron chi connectivity index (χ2n) is 8.54. The minimum Gasteiger partial charge on any atom is -0.357 e. The first-order valence-electron chi connectivity index (χ1n) is 11.3. The van der Waals surface area contributed by atoms with Gasteiger partial charge in [0.2, 0.25) is 0 Å². The standard InChI is InChI=1S/C21H36N6/c1-2-22-21(26-15-17-9-5-6-10-18(17)16-26)23-13-8-12-20-25-24-19-11-4-3-7-14-27(19)20/h17-18H,2-16H2,1H3,(H,22,23). The molecule has 1 N–H and O–H groups in total. The fraction of sp³-hybridized carbons (Fsp3) is 0.857. The number of aliphatic imine (C=N–C) groups is 1. The largest absolute Gasteiger partial charge is 0.357 e. The van der Waals surface area contributed by atoms with E-state index >= 15 is 0 Å². The van der Waals surface area contributed by atoms with Gasteiger partial charge in [-0.3, -0.25) is 4.99 Å². The summed E-state index contributed by atoms with van der Waals surface area (Å²) >= 11 is 0. The molecule has 1 aromatic rings. The van der Waals surface area contributed by atoms with Gasteiger partial charge in [0, 0.05) is 45.6 Å². The third-order valence-electron chi connectivity index (χ3n) is 6.62. The van der Waals surface area contributed by atoms with Gasteiger partial charge in [0.25, 0.3) is 0 Å². The van der Waals surface area contributed by atoms with Gasteiger partial charge in [-0.2, -0.15) is 0 Å². The fourth-order valence-electron chi connectivity index (χ4n) is 5.16. The highest BCUT2D eigenvalue weighted by atomic mass is 15.3. The van der Waals surface area contributed by atoms with Crippen molar-refractivity contribution in [3.05, 3.63) is 11.6 Å². The van der Waals surface area contributed by atoms with Crippen molar-refractivity contribution in [1.29, 1.82) is 0 Å². The quantitative estimate of drug-likeness (QED) is 0.490. The van der Waals surface area contributed by atoms with Crippen LogP contribution in [-0.4, -0.2) is 51.8 Å². The summed E-state index contributed by atoms with van der Waals surface area (Å²) in [7, 11) is 0. The Morgan fingerprint density at radius 3 is 2.67 bits per heavy atom. The summed E-state index contributed by atoms with van der Waals surface area (Å²) in [5.41, 5.74) is 0. The molecule has 0 amide bonds. The van der Waals surface area contributed by atoms with Crippen LogP contribution in [0.15, 0.2) is 4.99 Å². The van der Waals surface area contributed by atoms with Gasteiger partial charge in [0.1, 0.15) is 11.6 Å². The van der Waals surface area contributed by atoms with Gasteiger partial charge in [0.15, 0.2) is 5.96 Å². The van der Waals surface area contributed by atoms with Crippen LogP contribution in [0.5, 0.6) is 0 Å². The minimum atomic E-state index is 0.871. The van der Waals surface area contributed by atoms with E-state index in [1.165, 1.54) is 69.7 Å². The van der Waals surface area contributed by atoms with Gasteiger partial charge < -0.3 is 14.8 Å². The third kappa shape index (κ3) is 4.46. The van der Waals surface area contributed by atoms with Crippen LogP contribution in [-0.2, 0) is 19.4 Å². The molecular formula is C21H36N6. The van der Waals surface area contributed by atoms with Crippen molar-refractivity contribution < 1.29 is 0 Å². The molecule has 2 atom stereocenters. The lowest BCUT2D eigenvalue weighted by atomic mass is 9.82. The third-order valence-corrected chi connectivity index (χ3v) is 6.62. The van der Waals surface area contributed by atoms with Crippen LogP contribution < -0.4 is 5.32 Å². The molecule has 3 heterocycles. The van der Waals surface area contributed by atoms with Gasteiger partial charge in [-0.1, -0.05) is 19.3 Å². The van der Waals surface area contributed by atoms with Crippen LogP contribution in [0.1, 0.15) is 69.9 Å². The first-order valence-corrected chi connectivity index (χ1v) is 11.3. The second kappa shape index (κ2) is 9.07. The Morgan fingerprint density at radius 1 is 1.07 bits per heavy atom. The normalized spacial score (nSPS) is 25.8. The van der Waals surface area contributed by atoms with Crippen LogP contribution >= 0.6 is 0 Å². The molecule has 1 saturated carbocycles. The van der Waals surface area contributed by atoms with Crippen molar-refractivity contribution in [2.75, 3.05) is 26.2 Å². The van der Waals surface area contributed by atoms with Gasteiger partial charge in [0.05, 0.1) is 0 Å². The van der Waals surface area contributed by atoms with E-state index in [-0.39, 0.29) is 0 Å². The maximum Gasteiger partial charge on any atom is 0.193 e. The second-order valence-corrected chi connectivity index (χ2v) is 8.54. The van der Waals surface area contributed by atoms with E-state index < -0.39 is 0 Å². The molecule has 2 aliphatic heterocycles. The minimum absolute atomic E-state index is 0.871. The first-order chi connectivity index (χ1) is 13.3. The van der Waals surface area contributed by atoms with Crippen molar-refractivity contribution in [1.82, 2.24) is 25.0 Å². The number of guanidine groups is 1. The molecule has 0 radical (unpaired) electrons. The Balaban J connectivity index is 1.31. The number of rotatable bonds is 5. The first kappa shape index (κ1) is 18.8. The summed E-state index contributed by atoms with van der Waals surface area (Å²) in [5.74, 6) is 5.29. The number of aryl methyl sites for hydroxylation is 2. The maximum atomic E-state index is 4.96. The fourth-order valence-corrected chi connectivity index (χ4v) is 5.16. The highest BCUT2D eigenvalue weighted by Crippen LogP contribution is 2.35. The number of nitrogens with one attached hydrogen (secondary N) is 1. The summed E-state index contributed by atoms with van der Waals surface area (Å²) in [5, 5.41) is 12.4. The van der Waals surface area contributed by atoms with E-state index in [9.17, 15) is 0 Å². The number of aromatic nitrogens is 3. The van der Waals surface area contributed by atoms with Crippen LogP contribution in [0, 0.1) is 11.8 Å². The van der Waals surface area contributed by atoms with E-state index in [1.54, 1.807) is 0 Å². The Kier molecular flexibility index (Phi) is 6.30. The van der Waals surface area contributed by atoms with Crippen LogP contribution in [0.2, 0.25) is 0 Å². The monoisotopic (exact) mass is 372 g/mol. The molecule has 6 heteroatoms. The summed E-state index contributed by atoms with van der Waals surface area (Å²) in [4.78, 5) is 7.48. The highest BCUT2D eigenvalue weighted by molar-refractivity contribution is 5.80. The molecule has 2 unspecified atom stereocenters. The van der Waals surface area contributed by atoms with E-state index in [0.29, 0.717) is 0 Å². The summed E-state index contributed by atoms with van der Waals surface area (Å²) < 4.78 is 2.37. The lowest BCUT2D eigenvalue weighted by Gasteiger charge is -2.22. The molecule has 3 aliphatic rings. The van der Waals surface area contributed by atoms with Crippen molar-refractivity contribution in [3.63, 3.8) is 0 Å². The Morgan fingerprint density at radius 2 is 1.89 bits per heavy atom. The Hall–Kier alpha value is -1.59. The van der Waals surface area contributed by atoms with Crippen molar-refractivity contribution >= 4 is 5.96 Å². The number of nitrogens with zero attached hydrogens (tertiary/aromatic N) is 5. The molecule has 1 aromatic heterocycles. The van der Waals surface area contributed by atoms with Crippen LogP contribution in [0.3, 0.4) is 0 Å². The lowest BCUT2D eigenvalue weighted by Crippen LogP contribution is -2.40. The SMILES string of the molecule is CCNC(=NCCCc1nnc2n1CCCCC2)N1CC2CCCCC2C1. The summed E-state index contributed by atoms with van der Waals surface area (Å²) in [6.45, 7) is 7.49. The van der Waals surface area contributed by atoms with E-state index in [4.69, 9.17) is 4.99 Å². The van der Waals surface area contributed by atoms with Crippen molar-refractivity contribution in [2.24, 2.45) is 16.8 Å². The number of hydrogen-bond acceptors (Lipinski definition) is 3. The molecule has 2 fully saturated rings. The topological polar surface area (TPSA) is 58.3 Å². The lowest BCUT2D eigenvalue weighted by molar-refractivity contribution is 0.299. The summed E-state index contributed by atoms with van der Waals surface area (Å²) in [6, 6.07) is 0. The molecule has 27 heavy (non-hydrogen) atoms. The van der Waals surface area contributed by atoms with Gasteiger partial charge >= 0.3 is 0 Å². The molecule has 0 spiro atoms. The van der Waals surface area contributed by atoms with Crippen LogP contribution in [0.25, 0.3) is 0 Å².